The number of carbonyl (C=O) groups excluding carboxylic acids is 1. The molecule has 0 radical (unpaired) electrons. The van der Waals surface area contributed by atoms with Crippen LogP contribution in [0, 0.1) is 5.92 Å². The number of para-hydroxylation sites is 1. The van der Waals surface area contributed by atoms with Crippen molar-refractivity contribution in [2.45, 2.75) is 39.2 Å². The van der Waals surface area contributed by atoms with Gasteiger partial charge in [-0.3, -0.25) is 4.79 Å². The Morgan fingerprint density at radius 1 is 1.35 bits per heavy atom. The lowest BCUT2D eigenvalue weighted by Crippen LogP contribution is -2.42. The van der Waals surface area contributed by atoms with Crippen molar-refractivity contribution in [1.29, 1.82) is 0 Å². The smallest absolute Gasteiger partial charge is 0.223 e. The summed E-state index contributed by atoms with van der Waals surface area (Å²) in [6, 6.07) is 8.52. The van der Waals surface area contributed by atoms with Crippen molar-refractivity contribution < 1.29 is 4.79 Å². The number of hydrogen-bond acceptors (Lipinski definition) is 3. The maximum atomic E-state index is 13.0. The first-order valence-corrected chi connectivity index (χ1v) is 9.28. The Labute approximate surface area is 153 Å². The molecule has 0 aliphatic carbocycles. The number of aromatic nitrogens is 4. The molecule has 1 amide bonds. The molecule has 6 nitrogen and oxygen atoms in total. The number of aryl methyl sites for hydroxylation is 2. The third-order valence-electron chi connectivity index (χ3n) is 5.40. The topological polar surface area (TPSA) is 66.8 Å². The van der Waals surface area contributed by atoms with Crippen molar-refractivity contribution >= 4 is 16.8 Å². The van der Waals surface area contributed by atoms with Crippen LogP contribution in [0.15, 0.2) is 30.6 Å². The number of nitrogens with one attached hydrogen (secondary N) is 1. The Morgan fingerprint density at radius 3 is 2.88 bits per heavy atom. The summed E-state index contributed by atoms with van der Waals surface area (Å²) in [5.74, 6) is 1.39. The fraction of sp³-hybridized carbons (Fsp3) is 0.450. The lowest BCUT2D eigenvalue weighted by Gasteiger charge is -2.38. The molecule has 1 aliphatic rings. The number of nitrogens with zero attached hydrogens (tertiary/aromatic N) is 4. The van der Waals surface area contributed by atoms with E-state index in [2.05, 4.69) is 58.2 Å². The fourth-order valence-electron chi connectivity index (χ4n) is 4.14. The quantitative estimate of drug-likeness (QED) is 0.786. The second kappa shape index (κ2) is 6.59. The van der Waals surface area contributed by atoms with Gasteiger partial charge < -0.3 is 14.5 Å². The van der Waals surface area contributed by atoms with Crippen LogP contribution in [0.25, 0.3) is 10.9 Å². The van der Waals surface area contributed by atoms with Gasteiger partial charge in [0.05, 0.1) is 6.04 Å². The molecule has 4 rings (SSSR count). The van der Waals surface area contributed by atoms with E-state index in [1.807, 2.05) is 11.6 Å². The zero-order valence-corrected chi connectivity index (χ0v) is 15.6. The molecule has 136 valence electrons. The highest BCUT2D eigenvalue weighted by atomic mass is 16.2. The van der Waals surface area contributed by atoms with Gasteiger partial charge in [-0.15, -0.1) is 10.2 Å². The van der Waals surface area contributed by atoms with Gasteiger partial charge in [-0.05, 0) is 24.0 Å². The summed E-state index contributed by atoms with van der Waals surface area (Å²) in [6.45, 7) is 5.15. The molecule has 1 atom stereocenters. The molecule has 2 aromatic heterocycles. The van der Waals surface area contributed by atoms with Gasteiger partial charge in [0.15, 0.2) is 0 Å². The molecule has 1 aromatic carbocycles. The number of hydrogen-bond donors (Lipinski definition) is 1. The Hall–Kier alpha value is -2.63. The number of aromatic amines is 1. The molecule has 0 fully saturated rings. The van der Waals surface area contributed by atoms with E-state index in [0.717, 1.165) is 24.3 Å². The lowest BCUT2D eigenvalue weighted by molar-refractivity contribution is -0.135. The molecular formula is C20H25N5O. The molecule has 1 unspecified atom stereocenters. The second-order valence-electron chi connectivity index (χ2n) is 7.45. The van der Waals surface area contributed by atoms with Gasteiger partial charge >= 0.3 is 0 Å². The highest BCUT2D eigenvalue weighted by molar-refractivity contribution is 5.86. The van der Waals surface area contributed by atoms with Crippen molar-refractivity contribution in [2.75, 3.05) is 6.54 Å². The van der Waals surface area contributed by atoms with E-state index in [4.69, 9.17) is 0 Å². The highest BCUT2D eigenvalue weighted by Crippen LogP contribution is 2.38. The minimum atomic E-state index is 0.0955. The average molecular weight is 351 g/mol. The van der Waals surface area contributed by atoms with Crippen LogP contribution >= 0.6 is 0 Å². The zero-order valence-electron chi connectivity index (χ0n) is 15.6. The third-order valence-corrected chi connectivity index (χ3v) is 5.40. The number of fused-ring (bicyclic) bond motifs is 3. The molecule has 1 N–H and O–H groups in total. The number of rotatable bonds is 4. The van der Waals surface area contributed by atoms with E-state index in [9.17, 15) is 4.79 Å². The Bertz CT molecular complexity index is 939. The van der Waals surface area contributed by atoms with E-state index in [-0.39, 0.29) is 11.9 Å². The summed E-state index contributed by atoms with van der Waals surface area (Å²) < 4.78 is 1.87. The molecule has 6 heteroatoms. The van der Waals surface area contributed by atoms with Crippen LogP contribution in [-0.4, -0.2) is 37.1 Å². The predicted octanol–water partition coefficient (Wildman–Crippen LogP) is 3.01. The summed E-state index contributed by atoms with van der Waals surface area (Å²) in [7, 11) is 1.91. The first-order chi connectivity index (χ1) is 12.6. The first-order valence-electron chi connectivity index (χ1n) is 9.28. The van der Waals surface area contributed by atoms with Crippen molar-refractivity contribution in [1.82, 2.24) is 24.6 Å². The van der Waals surface area contributed by atoms with Crippen LogP contribution in [0.5, 0.6) is 0 Å². The lowest BCUT2D eigenvalue weighted by atomic mass is 9.90. The minimum Gasteiger partial charge on any atom is -0.356 e. The Balaban J connectivity index is 1.60. The van der Waals surface area contributed by atoms with Crippen molar-refractivity contribution in [3.8, 4) is 0 Å². The second-order valence-corrected chi connectivity index (χ2v) is 7.45. The largest absolute Gasteiger partial charge is 0.356 e. The van der Waals surface area contributed by atoms with Gasteiger partial charge in [0.2, 0.25) is 5.91 Å². The van der Waals surface area contributed by atoms with E-state index >= 15 is 0 Å². The minimum absolute atomic E-state index is 0.0955. The highest BCUT2D eigenvalue weighted by Gasteiger charge is 2.34. The number of benzene rings is 1. The van der Waals surface area contributed by atoms with Crippen LogP contribution in [0.4, 0.5) is 0 Å². The summed E-state index contributed by atoms with van der Waals surface area (Å²) in [4.78, 5) is 18.6. The summed E-state index contributed by atoms with van der Waals surface area (Å²) in [5.41, 5.74) is 3.74. The number of carbonyl (C=O) groups is 1. The van der Waals surface area contributed by atoms with E-state index in [0.29, 0.717) is 18.8 Å². The van der Waals surface area contributed by atoms with Gasteiger partial charge in [-0.1, -0.05) is 32.0 Å². The molecule has 0 bridgehead atoms. The normalized spacial score (nSPS) is 17.1. The van der Waals surface area contributed by atoms with Gasteiger partial charge in [-0.25, -0.2) is 0 Å². The molecule has 3 aromatic rings. The monoisotopic (exact) mass is 351 g/mol. The number of H-pyrrole nitrogens is 1. The molecule has 0 saturated heterocycles. The maximum Gasteiger partial charge on any atom is 0.223 e. The fourth-order valence-corrected chi connectivity index (χ4v) is 4.14. The van der Waals surface area contributed by atoms with Gasteiger partial charge in [0.1, 0.15) is 12.2 Å². The summed E-state index contributed by atoms with van der Waals surface area (Å²) in [6.07, 6.45) is 3.66. The van der Waals surface area contributed by atoms with Gasteiger partial charge in [0.25, 0.3) is 0 Å². The molecule has 26 heavy (non-hydrogen) atoms. The van der Waals surface area contributed by atoms with Crippen LogP contribution in [0.1, 0.15) is 43.4 Å². The van der Waals surface area contributed by atoms with E-state index < -0.39 is 0 Å². The van der Waals surface area contributed by atoms with Crippen molar-refractivity contribution in [3.63, 3.8) is 0 Å². The third kappa shape index (κ3) is 2.79. The SMILES string of the molecule is CC(C)C1c2[nH]c3ccccc3c2CCN1C(=O)CCc1nncn1C. The molecule has 0 spiro atoms. The molecular weight excluding hydrogens is 326 g/mol. The Morgan fingerprint density at radius 2 is 2.15 bits per heavy atom. The predicted molar refractivity (Wildman–Crippen MR) is 101 cm³/mol. The van der Waals surface area contributed by atoms with Crippen LogP contribution in [0.3, 0.4) is 0 Å². The van der Waals surface area contributed by atoms with E-state index in [1.165, 1.54) is 16.6 Å². The average Bonchev–Trinajstić information content (AvgIpc) is 3.21. The van der Waals surface area contributed by atoms with Gasteiger partial charge in [-0.2, -0.15) is 0 Å². The summed E-state index contributed by atoms with van der Waals surface area (Å²) >= 11 is 0. The maximum absolute atomic E-state index is 13.0. The van der Waals surface area contributed by atoms with Crippen LogP contribution in [0.2, 0.25) is 0 Å². The zero-order chi connectivity index (χ0) is 18.3. The molecule has 1 aliphatic heterocycles. The standard InChI is InChI=1S/C20H25N5O/c1-13(2)20-19-15(14-6-4-5-7-16(14)22-19)10-11-25(20)18(26)9-8-17-23-21-12-24(17)3/h4-7,12-13,20,22H,8-11H2,1-3H3. The molecule has 3 heterocycles. The van der Waals surface area contributed by atoms with Crippen LogP contribution in [-0.2, 0) is 24.7 Å². The first kappa shape index (κ1) is 16.8. The van der Waals surface area contributed by atoms with E-state index in [1.54, 1.807) is 6.33 Å². The summed E-state index contributed by atoms with van der Waals surface area (Å²) in [5, 5.41) is 9.27. The van der Waals surface area contributed by atoms with Crippen LogP contribution < -0.4 is 0 Å². The van der Waals surface area contributed by atoms with Crippen molar-refractivity contribution in [3.05, 3.63) is 47.7 Å². The Kier molecular flexibility index (Phi) is 4.26. The molecule has 0 saturated carbocycles. The van der Waals surface area contributed by atoms with Gasteiger partial charge in [0, 0.05) is 43.0 Å². The number of amides is 1. The van der Waals surface area contributed by atoms with Crippen molar-refractivity contribution in [2.24, 2.45) is 13.0 Å².